The van der Waals surface area contributed by atoms with E-state index in [4.69, 9.17) is 16.3 Å². The summed E-state index contributed by atoms with van der Waals surface area (Å²) in [6, 6.07) is 11.9. The average Bonchev–Trinajstić information content (AvgIpc) is 3.17. The lowest BCUT2D eigenvalue weighted by Gasteiger charge is -2.30. The summed E-state index contributed by atoms with van der Waals surface area (Å²) in [5.74, 6) is 1.42. The number of halogens is 1. The number of rotatable bonds is 7. The van der Waals surface area contributed by atoms with Gasteiger partial charge in [0.2, 0.25) is 5.95 Å². The molecule has 204 valence electrons. The van der Waals surface area contributed by atoms with Crippen molar-refractivity contribution in [2.75, 3.05) is 42.5 Å². The highest BCUT2D eigenvalue weighted by Gasteiger charge is 2.26. The summed E-state index contributed by atoms with van der Waals surface area (Å²) in [5.41, 5.74) is 5.86. The van der Waals surface area contributed by atoms with E-state index in [0.29, 0.717) is 34.3 Å². The number of aryl methyl sites for hydroxylation is 1. The largest absolute Gasteiger partial charge is 0.494 e. The van der Waals surface area contributed by atoms with Gasteiger partial charge in [-0.2, -0.15) is 10.1 Å². The van der Waals surface area contributed by atoms with Crippen molar-refractivity contribution in [3.63, 3.8) is 0 Å². The smallest absolute Gasteiger partial charge is 0.229 e. The highest BCUT2D eigenvalue weighted by atomic mass is 35.5. The fraction of sp³-hybridized carbons (Fsp3) is 0.321. The molecule has 0 atom stereocenters. The molecule has 3 heterocycles. The zero-order valence-corrected chi connectivity index (χ0v) is 24.6. The Bertz CT molecular complexity index is 1580. The Morgan fingerprint density at radius 1 is 1.08 bits per heavy atom. The van der Waals surface area contributed by atoms with Gasteiger partial charge in [0.1, 0.15) is 17.9 Å². The second-order valence-corrected chi connectivity index (χ2v) is 13.8. The average molecular weight is 566 g/mol. The summed E-state index contributed by atoms with van der Waals surface area (Å²) < 4.78 is 20.6. The molecule has 2 N–H and O–H groups in total. The Morgan fingerprint density at radius 3 is 2.56 bits per heavy atom. The molecule has 9 nitrogen and oxygen atoms in total. The molecule has 1 aliphatic heterocycles. The standard InChI is InChI=1S/C28H33ClN7O2P/c1-17(2)36-12-11-23-19(15-31-35(23)3)18-13-22(25(38-4)14-24(18)36)33-28-30-16-20(29)27(34-28)32-21-9-7-8-10-26(21)39(5,6)37/h7-10,13-17H,11-12H2,1-6H3,(H2,30,32,33,34). The van der Waals surface area contributed by atoms with Gasteiger partial charge >= 0.3 is 0 Å². The van der Waals surface area contributed by atoms with Crippen molar-refractivity contribution in [3.05, 3.63) is 59.5 Å². The molecule has 0 fully saturated rings. The molecule has 11 heteroatoms. The zero-order valence-electron chi connectivity index (χ0n) is 23.0. The molecule has 2 aromatic heterocycles. The third kappa shape index (κ3) is 5.34. The zero-order chi connectivity index (χ0) is 27.9. The summed E-state index contributed by atoms with van der Waals surface area (Å²) in [6.45, 7) is 8.75. The maximum Gasteiger partial charge on any atom is 0.229 e. The van der Waals surface area contributed by atoms with Crippen molar-refractivity contribution in [1.82, 2.24) is 19.7 Å². The van der Waals surface area contributed by atoms with Crippen molar-refractivity contribution in [1.29, 1.82) is 0 Å². The van der Waals surface area contributed by atoms with E-state index in [2.05, 4.69) is 56.6 Å². The molecule has 0 saturated heterocycles. The number of hydrogen-bond acceptors (Lipinski definition) is 8. The van der Waals surface area contributed by atoms with Gasteiger partial charge in [-0.05, 0) is 45.4 Å². The maximum absolute atomic E-state index is 12.8. The molecular formula is C28H33ClN7O2P. The van der Waals surface area contributed by atoms with Crippen LogP contribution in [-0.4, -0.2) is 52.8 Å². The quantitative estimate of drug-likeness (QED) is 0.262. The first-order valence-corrected chi connectivity index (χ1v) is 15.8. The summed E-state index contributed by atoms with van der Waals surface area (Å²) in [6.07, 6.45) is 4.35. The molecule has 0 aliphatic carbocycles. The van der Waals surface area contributed by atoms with Crippen LogP contribution in [0.3, 0.4) is 0 Å². The van der Waals surface area contributed by atoms with Crippen LogP contribution in [0.4, 0.5) is 28.8 Å². The molecule has 0 saturated carbocycles. The van der Waals surface area contributed by atoms with E-state index in [1.165, 1.54) is 11.9 Å². The Labute approximate surface area is 233 Å². The van der Waals surface area contributed by atoms with Crippen molar-refractivity contribution >= 4 is 52.9 Å². The van der Waals surface area contributed by atoms with Crippen LogP contribution in [-0.2, 0) is 18.0 Å². The van der Waals surface area contributed by atoms with Crippen molar-refractivity contribution < 1.29 is 9.30 Å². The Balaban J connectivity index is 1.55. The lowest BCUT2D eigenvalue weighted by Crippen LogP contribution is -2.32. The second kappa shape index (κ2) is 10.5. The fourth-order valence-corrected chi connectivity index (χ4v) is 6.26. The third-order valence-electron chi connectivity index (χ3n) is 6.92. The highest BCUT2D eigenvalue weighted by Crippen LogP contribution is 2.44. The molecule has 2 aromatic carbocycles. The number of nitrogens with zero attached hydrogens (tertiary/aromatic N) is 5. The van der Waals surface area contributed by atoms with Crippen molar-refractivity contribution in [2.45, 2.75) is 26.3 Å². The molecule has 0 radical (unpaired) electrons. The van der Waals surface area contributed by atoms with E-state index in [1.807, 2.05) is 42.2 Å². The molecule has 5 rings (SSSR count). The van der Waals surface area contributed by atoms with Gasteiger partial charge in [-0.15, -0.1) is 0 Å². The molecule has 0 spiro atoms. The van der Waals surface area contributed by atoms with Gasteiger partial charge < -0.3 is 24.8 Å². The molecule has 1 aliphatic rings. The van der Waals surface area contributed by atoms with E-state index in [-0.39, 0.29) is 0 Å². The monoisotopic (exact) mass is 565 g/mol. The number of ether oxygens (including phenoxy) is 1. The first-order chi connectivity index (χ1) is 18.6. The minimum atomic E-state index is -2.53. The van der Waals surface area contributed by atoms with Gasteiger partial charge in [0.15, 0.2) is 5.82 Å². The minimum Gasteiger partial charge on any atom is -0.494 e. The lowest BCUT2D eigenvalue weighted by atomic mass is 10.0. The molecule has 0 amide bonds. The predicted octanol–water partition coefficient (Wildman–Crippen LogP) is 6.05. The first-order valence-electron chi connectivity index (χ1n) is 12.8. The van der Waals surface area contributed by atoms with E-state index >= 15 is 0 Å². The maximum atomic E-state index is 12.8. The van der Waals surface area contributed by atoms with E-state index in [0.717, 1.165) is 40.8 Å². The van der Waals surface area contributed by atoms with Crippen LogP contribution in [0.2, 0.25) is 5.02 Å². The van der Waals surface area contributed by atoms with Gasteiger partial charge in [-0.3, -0.25) is 4.68 Å². The first kappa shape index (κ1) is 27.0. The Hall–Kier alpha value is -3.55. The SMILES string of the molecule is COc1cc2c(cc1Nc1ncc(Cl)c(Nc3ccccc3P(C)(C)=O)n1)-c1cnn(C)c1CCN2C(C)C. The van der Waals surface area contributed by atoms with Gasteiger partial charge in [-0.1, -0.05) is 23.7 Å². The molecule has 4 aromatic rings. The number of aromatic nitrogens is 4. The second-order valence-electron chi connectivity index (χ2n) is 10.2. The summed E-state index contributed by atoms with van der Waals surface area (Å²) in [5, 5.41) is 12.2. The summed E-state index contributed by atoms with van der Waals surface area (Å²) >= 11 is 6.47. The van der Waals surface area contributed by atoms with Crippen LogP contribution < -0.4 is 25.6 Å². The predicted molar refractivity (Wildman–Crippen MR) is 161 cm³/mol. The fourth-order valence-electron chi connectivity index (χ4n) is 4.97. The number of nitrogens with one attached hydrogen (secondary N) is 2. The van der Waals surface area contributed by atoms with E-state index in [9.17, 15) is 4.57 Å². The van der Waals surface area contributed by atoms with Gasteiger partial charge in [-0.25, -0.2) is 4.98 Å². The van der Waals surface area contributed by atoms with Gasteiger partial charge in [0.25, 0.3) is 0 Å². The van der Waals surface area contributed by atoms with Crippen LogP contribution in [0.15, 0.2) is 48.8 Å². The number of benzene rings is 2. The normalized spacial score (nSPS) is 13.1. The Morgan fingerprint density at radius 2 is 1.85 bits per heavy atom. The van der Waals surface area contributed by atoms with Gasteiger partial charge in [0.05, 0.1) is 30.9 Å². The van der Waals surface area contributed by atoms with Gasteiger partial charge in [0, 0.05) is 59.9 Å². The molecule has 39 heavy (non-hydrogen) atoms. The van der Waals surface area contributed by atoms with Crippen molar-refractivity contribution in [2.24, 2.45) is 7.05 Å². The van der Waals surface area contributed by atoms with E-state index in [1.54, 1.807) is 20.4 Å². The molecule has 0 bridgehead atoms. The van der Waals surface area contributed by atoms with Crippen LogP contribution in [0.25, 0.3) is 11.1 Å². The van der Waals surface area contributed by atoms with Crippen molar-refractivity contribution in [3.8, 4) is 16.9 Å². The number of anilines is 5. The van der Waals surface area contributed by atoms with Crippen LogP contribution in [0, 0.1) is 0 Å². The number of methoxy groups -OCH3 is 1. The van der Waals surface area contributed by atoms with Crippen LogP contribution >= 0.6 is 18.7 Å². The summed E-state index contributed by atoms with van der Waals surface area (Å²) in [7, 11) is 1.11. The topological polar surface area (TPSA) is 97.2 Å². The number of fused-ring (bicyclic) bond motifs is 3. The minimum absolute atomic E-state index is 0.312. The molecular weight excluding hydrogens is 533 g/mol. The van der Waals surface area contributed by atoms with E-state index < -0.39 is 7.14 Å². The van der Waals surface area contributed by atoms with Crippen LogP contribution in [0.1, 0.15) is 19.5 Å². The summed E-state index contributed by atoms with van der Waals surface area (Å²) in [4.78, 5) is 11.4. The third-order valence-corrected chi connectivity index (χ3v) is 8.75. The molecule has 0 unspecified atom stereocenters. The Kier molecular flexibility index (Phi) is 7.31. The number of para-hydroxylation sites is 1. The highest BCUT2D eigenvalue weighted by molar-refractivity contribution is 7.70. The number of hydrogen-bond donors (Lipinski definition) is 2. The van der Waals surface area contributed by atoms with Crippen LogP contribution in [0.5, 0.6) is 5.75 Å². The lowest BCUT2D eigenvalue weighted by molar-refractivity contribution is 0.416.